The largest absolute Gasteiger partial charge is 0.665 e. The first-order valence-electron chi connectivity index (χ1n) is 3.58. The standard InChI is InChI=1S/C7H16NO/c1-8-6-4-2-3-5-7-9/h9H,2-7H2,1H3/q-1. The van der Waals surface area contributed by atoms with Gasteiger partial charge in [0, 0.05) is 6.61 Å². The van der Waals surface area contributed by atoms with E-state index in [2.05, 4.69) is 5.32 Å². The zero-order valence-corrected chi connectivity index (χ0v) is 6.14. The average Bonchev–Trinajstić information content (AvgIpc) is 1.89. The smallest absolute Gasteiger partial charge is 0.0431 e. The third kappa shape index (κ3) is 7.92. The predicted octanol–water partition coefficient (Wildman–Crippen LogP) is 1.54. The van der Waals surface area contributed by atoms with Gasteiger partial charge in [0.25, 0.3) is 0 Å². The van der Waals surface area contributed by atoms with E-state index in [0.717, 1.165) is 19.4 Å². The molecule has 0 amide bonds. The monoisotopic (exact) mass is 130 g/mol. The second-order valence-electron chi connectivity index (χ2n) is 2.18. The van der Waals surface area contributed by atoms with Crippen LogP contribution in [0.5, 0.6) is 0 Å². The molecule has 0 aromatic carbocycles. The van der Waals surface area contributed by atoms with Gasteiger partial charge < -0.3 is 10.4 Å². The summed E-state index contributed by atoms with van der Waals surface area (Å²) in [6.45, 7) is 1.31. The fourth-order valence-electron chi connectivity index (χ4n) is 0.735. The van der Waals surface area contributed by atoms with Crippen LogP contribution in [0.2, 0.25) is 0 Å². The molecular weight excluding hydrogens is 114 g/mol. The van der Waals surface area contributed by atoms with Crippen LogP contribution in [0, 0.1) is 0 Å². The van der Waals surface area contributed by atoms with Crippen LogP contribution < -0.4 is 0 Å². The molecule has 0 spiro atoms. The number of aliphatic hydroxyl groups is 1. The Hall–Kier alpha value is -0.0800. The number of rotatable bonds is 6. The molecule has 1 N–H and O–H groups in total. The fourth-order valence-corrected chi connectivity index (χ4v) is 0.735. The number of unbranched alkanes of at least 4 members (excludes halogenated alkanes) is 3. The van der Waals surface area contributed by atoms with Crippen LogP contribution in [-0.2, 0) is 0 Å². The highest BCUT2D eigenvalue weighted by Gasteiger charge is 1.82. The summed E-state index contributed by atoms with van der Waals surface area (Å²) in [4.78, 5) is 0. The fraction of sp³-hybridized carbons (Fsp3) is 1.00. The lowest BCUT2D eigenvalue weighted by atomic mass is 10.2. The van der Waals surface area contributed by atoms with Crippen molar-refractivity contribution in [2.24, 2.45) is 0 Å². The molecule has 2 heteroatoms. The maximum Gasteiger partial charge on any atom is 0.0431 e. The number of hydrogen-bond donors (Lipinski definition) is 1. The predicted molar refractivity (Wildman–Crippen MR) is 39.7 cm³/mol. The molecule has 0 fully saturated rings. The topological polar surface area (TPSA) is 34.3 Å². The first-order valence-corrected chi connectivity index (χ1v) is 3.58. The zero-order chi connectivity index (χ0) is 6.95. The molecule has 0 radical (unpaired) electrons. The van der Waals surface area contributed by atoms with Gasteiger partial charge in [-0.15, -0.1) is 6.54 Å². The number of nitrogens with zero attached hydrogens (tertiary/aromatic N) is 1. The van der Waals surface area contributed by atoms with Crippen molar-refractivity contribution >= 4 is 0 Å². The van der Waals surface area contributed by atoms with Crippen LogP contribution in [0.1, 0.15) is 25.7 Å². The summed E-state index contributed by atoms with van der Waals surface area (Å²) in [5, 5.41) is 12.4. The minimum Gasteiger partial charge on any atom is -0.665 e. The molecule has 0 unspecified atom stereocenters. The molecule has 0 bridgehead atoms. The number of hydrogen-bond acceptors (Lipinski definition) is 1. The van der Waals surface area contributed by atoms with Crippen LogP contribution >= 0.6 is 0 Å². The van der Waals surface area contributed by atoms with Gasteiger partial charge in [-0.05, 0) is 6.42 Å². The summed E-state index contributed by atoms with van der Waals surface area (Å²) in [6, 6.07) is 0. The summed E-state index contributed by atoms with van der Waals surface area (Å²) < 4.78 is 0. The van der Waals surface area contributed by atoms with Crippen molar-refractivity contribution in [3.63, 3.8) is 0 Å². The molecular formula is C7H16NO-. The zero-order valence-electron chi connectivity index (χ0n) is 6.14. The lowest BCUT2D eigenvalue weighted by Crippen LogP contribution is -1.85. The van der Waals surface area contributed by atoms with Crippen molar-refractivity contribution < 1.29 is 5.11 Å². The maximum atomic E-state index is 8.40. The van der Waals surface area contributed by atoms with Gasteiger partial charge in [-0.3, -0.25) is 0 Å². The molecule has 0 atom stereocenters. The van der Waals surface area contributed by atoms with Crippen molar-refractivity contribution in [1.29, 1.82) is 0 Å². The van der Waals surface area contributed by atoms with Gasteiger partial charge in [0.2, 0.25) is 0 Å². The van der Waals surface area contributed by atoms with Crippen molar-refractivity contribution in [1.82, 2.24) is 0 Å². The van der Waals surface area contributed by atoms with Crippen LogP contribution in [0.25, 0.3) is 5.32 Å². The quantitative estimate of drug-likeness (QED) is 0.544. The molecule has 0 saturated heterocycles. The minimum absolute atomic E-state index is 0.337. The maximum absolute atomic E-state index is 8.40. The lowest BCUT2D eigenvalue weighted by molar-refractivity contribution is 0.283. The van der Waals surface area contributed by atoms with E-state index in [4.69, 9.17) is 5.11 Å². The van der Waals surface area contributed by atoms with Gasteiger partial charge in [0.15, 0.2) is 0 Å². The Kier molecular flexibility index (Phi) is 7.85. The van der Waals surface area contributed by atoms with Gasteiger partial charge in [0.1, 0.15) is 0 Å². The molecule has 9 heavy (non-hydrogen) atoms. The van der Waals surface area contributed by atoms with Crippen molar-refractivity contribution in [2.75, 3.05) is 20.2 Å². The third-order valence-electron chi connectivity index (χ3n) is 1.29. The van der Waals surface area contributed by atoms with E-state index < -0.39 is 0 Å². The third-order valence-corrected chi connectivity index (χ3v) is 1.29. The highest BCUT2D eigenvalue weighted by molar-refractivity contribution is 4.68. The molecule has 0 aliphatic rings. The van der Waals surface area contributed by atoms with E-state index in [1.165, 1.54) is 12.8 Å². The Morgan fingerprint density at radius 2 is 1.78 bits per heavy atom. The summed E-state index contributed by atoms with van der Waals surface area (Å²) in [7, 11) is 1.84. The van der Waals surface area contributed by atoms with Gasteiger partial charge in [0.05, 0.1) is 0 Å². The van der Waals surface area contributed by atoms with Crippen molar-refractivity contribution in [2.45, 2.75) is 25.7 Å². The van der Waals surface area contributed by atoms with Crippen molar-refractivity contribution in [3.05, 3.63) is 5.32 Å². The Morgan fingerprint density at radius 3 is 2.33 bits per heavy atom. The molecule has 0 saturated carbocycles. The molecule has 0 aliphatic heterocycles. The van der Waals surface area contributed by atoms with E-state index in [1.54, 1.807) is 0 Å². The second-order valence-corrected chi connectivity index (χ2v) is 2.18. The van der Waals surface area contributed by atoms with Gasteiger partial charge in [-0.25, -0.2) is 0 Å². The van der Waals surface area contributed by atoms with Crippen LogP contribution in [0.15, 0.2) is 0 Å². The van der Waals surface area contributed by atoms with Crippen molar-refractivity contribution in [3.8, 4) is 0 Å². The Bertz CT molecular complexity index is 42.2. The van der Waals surface area contributed by atoms with E-state index in [9.17, 15) is 0 Å². The molecule has 0 rings (SSSR count). The summed E-state index contributed by atoms with van der Waals surface area (Å²) in [6.07, 6.45) is 4.48. The molecule has 0 aromatic heterocycles. The van der Waals surface area contributed by atoms with Crippen LogP contribution in [0.4, 0.5) is 0 Å². The number of aliphatic hydroxyl groups excluding tert-OH is 1. The SMILES string of the molecule is C[N-]CCCCCCO. The Balaban J connectivity index is 2.60. The van der Waals surface area contributed by atoms with E-state index in [-0.39, 0.29) is 0 Å². The Labute approximate surface area is 57.3 Å². The molecule has 0 aromatic rings. The summed E-state index contributed by atoms with van der Waals surface area (Å²) in [5.41, 5.74) is 0. The van der Waals surface area contributed by atoms with Crippen LogP contribution in [-0.4, -0.2) is 25.3 Å². The highest BCUT2D eigenvalue weighted by Crippen LogP contribution is 1.99. The molecule has 0 aliphatic carbocycles. The van der Waals surface area contributed by atoms with Gasteiger partial charge in [-0.1, -0.05) is 19.3 Å². The summed E-state index contributed by atoms with van der Waals surface area (Å²) in [5.74, 6) is 0. The van der Waals surface area contributed by atoms with Crippen LogP contribution in [0.3, 0.4) is 0 Å². The molecule has 56 valence electrons. The minimum atomic E-state index is 0.337. The normalized spacial score (nSPS) is 10.0. The molecule has 2 nitrogen and oxygen atoms in total. The first-order chi connectivity index (χ1) is 4.41. The Morgan fingerprint density at radius 1 is 1.11 bits per heavy atom. The summed E-state index contributed by atoms with van der Waals surface area (Å²) >= 11 is 0. The second kappa shape index (κ2) is 7.92. The first kappa shape index (κ1) is 8.92. The highest BCUT2D eigenvalue weighted by atomic mass is 16.2. The van der Waals surface area contributed by atoms with E-state index in [0.29, 0.717) is 6.61 Å². The van der Waals surface area contributed by atoms with E-state index in [1.807, 2.05) is 7.05 Å². The van der Waals surface area contributed by atoms with Gasteiger partial charge >= 0.3 is 0 Å². The molecule has 0 heterocycles. The lowest BCUT2D eigenvalue weighted by Gasteiger charge is -2.08. The van der Waals surface area contributed by atoms with Gasteiger partial charge in [-0.2, -0.15) is 7.05 Å². The average molecular weight is 130 g/mol. The van der Waals surface area contributed by atoms with E-state index >= 15 is 0 Å².